The van der Waals surface area contributed by atoms with Crippen molar-refractivity contribution in [2.75, 3.05) is 0 Å². The van der Waals surface area contributed by atoms with Crippen LogP contribution in [0.3, 0.4) is 0 Å². The van der Waals surface area contributed by atoms with Crippen molar-refractivity contribution in [3.8, 4) is 11.8 Å². The predicted octanol–water partition coefficient (Wildman–Crippen LogP) is 2.67. The molecule has 2 aromatic rings. The number of nitriles is 1. The smallest absolute Gasteiger partial charge is 0.141 e. The maximum atomic E-state index is 12.9. The van der Waals surface area contributed by atoms with Crippen LogP contribution in [0.4, 0.5) is 4.39 Å². The first-order valence-electron chi connectivity index (χ1n) is 5.00. The number of rotatable bonds is 3. The fraction of sp³-hybridized carbons (Fsp3) is 0.0769. The highest BCUT2D eigenvalue weighted by Crippen LogP contribution is 2.14. The summed E-state index contributed by atoms with van der Waals surface area (Å²) in [7, 11) is 0. The lowest BCUT2D eigenvalue weighted by atomic mass is 10.2. The highest BCUT2D eigenvalue weighted by atomic mass is 19.1. The highest BCUT2D eigenvalue weighted by molar-refractivity contribution is 5.36. The third kappa shape index (κ3) is 3.02. The van der Waals surface area contributed by atoms with Crippen LogP contribution in [0, 0.1) is 17.1 Å². The van der Waals surface area contributed by atoms with Crippen molar-refractivity contribution in [3.05, 3.63) is 59.7 Å². The van der Waals surface area contributed by atoms with Gasteiger partial charge >= 0.3 is 0 Å². The number of aromatic nitrogens is 1. The molecule has 0 fully saturated rings. The normalized spacial score (nSPS) is 9.65. The van der Waals surface area contributed by atoms with Crippen LogP contribution >= 0.6 is 0 Å². The number of ether oxygens (including phenoxy) is 1. The van der Waals surface area contributed by atoms with Crippen molar-refractivity contribution < 1.29 is 9.13 Å². The first kappa shape index (κ1) is 11.1. The molecule has 0 atom stereocenters. The van der Waals surface area contributed by atoms with Gasteiger partial charge in [-0.3, -0.25) is 4.98 Å². The van der Waals surface area contributed by atoms with Gasteiger partial charge in [0, 0.05) is 11.8 Å². The lowest BCUT2D eigenvalue weighted by Gasteiger charge is -2.05. The van der Waals surface area contributed by atoms with Crippen molar-refractivity contribution in [1.82, 2.24) is 4.98 Å². The average molecular weight is 228 g/mol. The molecule has 0 aliphatic rings. The Morgan fingerprint density at radius 2 is 2.18 bits per heavy atom. The van der Waals surface area contributed by atoms with Gasteiger partial charge in [-0.25, -0.2) is 4.39 Å². The summed E-state index contributed by atoms with van der Waals surface area (Å²) < 4.78 is 18.3. The van der Waals surface area contributed by atoms with E-state index in [1.54, 1.807) is 24.3 Å². The first-order chi connectivity index (χ1) is 8.28. The van der Waals surface area contributed by atoms with Gasteiger partial charge in [0.1, 0.15) is 18.2 Å². The quantitative estimate of drug-likeness (QED) is 0.811. The molecule has 3 nitrogen and oxygen atoms in total. The summed E-state index contributed by atoms with van der Waals surface area (Å²) in [5.74, 6) is 0.185. The van der Waals surface area contributed by atoms with E-state index in [9.17, 15) is 4.39 Å². The molecule has 1 heterocycles. The number of halogens is 1. The summed E-state index contributed by atoms with van der Waals surface area (Å²) in [5.41, 5.74) is 1.17. The minimum absolute atomic E-state index is 0.222. The van der Waals surface area contributed by atoms with Crippen LogP contribution in [0.2, 0.25) is 0 Å². The zero-order valence-corrected chi connectivity index (χ0v) is 8.93. The number of pyridine rings is 1. The molecule has 2 rings (SSSR count). The molecular weight excluding hydrogens is 219 g/mol. The Hall–Kier alpha value is -2.41. The molecular formula is C13H9FN2O. The maximum Gasteiger partial charge on any atom is 0.141 e. The van der Waals surface area contributed by atoms with Gasteiger partial charge in [0.2, 0.25) is 0 Å². The summed E-state index contributed by atoms with van der Waals surface area (Å²) in [6, 6.07) is 10.2. The highest BCUT2D eigenvalue weighted by Gasteiger charge is 1.99. The zero-order chi connectivity index (χ0) is 12.1. The lowest BCUT2D eigenvalue weighted by Crippen LogP contribution is -1.97. The van der Waals surface area contributed by atoms with E-state index in [1.165, 1.54) is 12.3 Å². The molecule has 0 bridgehead atoms. The molecule has 0 aliphatic heterocycles. The molecule has 1 aromatic carbocycles. The number of benzene rings is 1. The Bertz CT molecular complexity index is 563. The molecule has 0 aliphatic carbocycles. The second-order valence-electron chi connectivity index (χ2n) is 3.44. The van der Waals surface area contributed by atoms with Crippen molar-refractivity contribution in [2.45, 2.75) is 6.61 Å². The van der Waals surface area contributed by atoms with Gasteiger partial charge in [-0.05, 0) is 24.3 Å². The molecule has 0 radical (unpaired) electrons. The number of hydrogen-bond acceptors (Lipinski definition) is 3. The van der Waals surface area contributed by atoms with E-state index in [2.05, 4.69) is 4.98 Å². The van der Waals surface area contributed by atoms with E-state index >= 15 is 0 Å². The minimum Gasteiger partial charge on any atom is -0.489 e. The van der Waals surface area contributed by atoms with E-state index in [-0.39, 0.29) is 6.61 Å². The molecule has 0 saturated heterocycles. The summed E-state index contributed by atoms with van der Waals surface area (Å²) in [4.78, 5) is 3.72. The van der Waals surface area contributed by atoms with Crippen molar-refractivity contribution in [3.63, 3.8) is 0 Å². The van der Waals surface area contributed by atoms with Crippen LogP contribution in [-0.4, -0.2) is 4.98 Å². The third-order valence-electron chi connectivity index (χ3n) is 2.13. The van der Waals surface area contributed by atoms with Crippen LogP contribution in [0.25, 0.3) is 0 Å². The molecule has 0 saturated carbocycles. The van der Waals surface area contributed by atoms with Gasteiger partial charge in [0.05, 0.1) is 17.8 Å². The first-order valence-corrected chi connectivity index (χ1v) is 5.00. The van der Waals surface area contributed by atoms with E-state index < -0.39 is 5.82 Å². The molecule has 0 unspecified atom stereocenters. The van der Waals surface area contributed by atoms with Crippen LogP contribution < -0.4 is 4.74 Å². The monoisotopic (exact) mass is 228 g/mol. The Morgan fingerprint density at radius 1 is 1.29 bits per heavy atom. The summed E-state index contributed by atoms with van der Waals surface area (Å²) in [6.45, 7) is 0.222. The number of nitrogens with zero attached hydrogens (tertiary/aromatic N) is 2. The lowest BCUT2D eigenvalue weighted by molar-refractivity contribution is 0.305. The maximum absolute atomic E-state index is 12.9. The zero-order valence-electron chi connectivity index (χ0n) is 8.93. The molecule has 0 N–H and O–H groups in total. The topological polar surface area (TPSA) is 45.9 Å². The van der Waals surface area contributed by atoms with E-state index in [1.807, 2.05) is 6.07 Å². The van der Waals surface area contributed by atoms with Gasteiger partial charge in [0.25, 0.3) is 0 Å². The Morgan fingerprint density at radius 3 is 2.94 bits per heavy atom. The summed E-state index contributed by atoms with van der Waals surface area (Å²) in [6.07, 6.45) is 2.68. The van der Waals surface area contributed by atoms with Crippen LogP contribution in [0.15, 0.2) is 42.7 Å². The standard InChI is InChI=1S/C13H9FN2O/c14-12-4-11(7-16-8-12)9-17-13-3-1-2-10(5-13)6-15/h1-5,7-8H,9H2. The second-order valence-corrected chi connectivity index (χ2v) is 3.44. The van der Waals surface area contributed by atoms with Gasteiger partial charge < -0.3 is 4.74 Å². The summed E-state index contributed by atoms with van der Waals surface area (Å²) in [5, 5.41) is 8.72. The van der Waals surface area contributed by atoms with Gasteiger partial charge in [-0.2, -0.15) is 5.26 Å². The predicted molar refractivity (Wildman–Crippen MR) is 59.7 cm³/mol. The summed E-state index contributed by atoms with van der Waals surface area (Å²) >= 11 is 0. The fourth-order valence-corrected chi connectivity index (χ4v) is 1.36. The second kappa shape index (κ2) is 5.08. The largest absolute Gasteiger partial charge is 0.489 e. The molecule has 4 heteroatoms. The minimum atomic E-state index is -0.392. The van der Waals surface area contributed by atoms with Crippen molar-refractivity contribution >= 4 is 0 Å². The molecule has 1 aromatic heterocycles. The van der Waals surface area contributed by atoms with Crippen molar-refractivity contribution in [2.24, 2.45) is 0 Å². The van der Waals surface area contributed by atoms with Gasteiger partial charge in [-0.1, -0.05) is 6.07 Å². The third-order valence-corrected chi connectivity index (χ3v) is 2.13. The van der Waals surface area contributed by atoms with Crippen LogP contribution in [0.1, 0.15) is 11.1 Å². The van der Waals surface area contributed by atoms with Gasteiger partial charge in [-0.15, -0.1) is 0 Å². The Labute approximate surface area is 98.1 Å². The fourth-order valence-electron chi connectivity index (χ4n) is 1.36. The SMILES string of the molecule is N#Cc1cccc(OCc2cncc(F)c2)c1. The van der Waals surface area contributed by atoms with Crippen LogP contribution in [-0.2, 0) is 6.61 Å². The van der Waals surface area contributed by atoms with Crippen molar-refractivity contribution in [1.29, 1.82) is 5.26 Å². The molecule has 0 amide bonds. The Balaban J connectivity index is 2.05. The van der Waals surface area contributed by atoms with E-state index in [4.69, 9.17) is 10.00 Å². The van der Waals surface area contributed by atoms with Gasteiger partial charge in [0.15, 0.2) is 0 Å². The average Bonchev–Trinajstić information content (AvgIpc) is 2.37. The van der Waals surface area contributed by atoms with Crippen LogP contribution in [0.5, 0.6) is 5.75 Å². The Kier molecular flexibility index (Phi) is 3.31. The van der Waals surface area contributed by atoms with E-state index in [0.29, 0.717) is 16.9 Å². The number of hydrogen-bond donors (Lipinski definition) is 0. The molecule has 0 spiro atoms. The molecule has 84 valence electrons. The molecule has 17 heavy (non-hydrogen) atoms. The van der Waals surface area contributed by atoms with E-state index in [0.717, 1.165) is 6.20 Å².